The predicted octanol–water partition coefficient (Wildman–Crippen LogP) is 2.71. The van der Waals surface area contributed by atoms with Crippen molar-refractivity contribution in [3.05, 3.63) is 92.2 Å². The van der Waals surface area contributed by atoms with Gasteiger partial charge in [-0.2, -0.15) is 0 Å². The highest BCUT2D eigenvalue weighted by Gasteiger charge is 2.08. The summed E-state index contributed by atoms with van der Waals surface area (Å²) in [5.41, 5.74) is 0.269. The molecule has 0 atom stereocenters. The maximum atomic E-state index is 12.4. The zero-order valence-corrected chi connectivity index (χ0v) is 13.7. The van der Waals surface area contributed by atoms with Gasteiger partial charge < -0.3 is 9.30 Å². The van der Waals surface area contributed by atoms with Crippen LogP contribution in [0.2, 0.25) is 5.02 Å². The van der Waals surface area contributed by atoms with E-state index in [0.29, 0.717) is 23.0 Å². The van der Waals surface area contributed by atoms with Gasteiger partial charge in [0, 0.05) is 23.5 Å². The van der Waals surface area contributed by atoms with Gasteiger partial charge in [-0.3, -0.25) is 14.2 Å². The molecule has 0 radical (unpaired) electrons. The molecule has 2 aromatic carbocycles. The first kappa shape index (κ1) is 16.1. The van der Waals surface area contributed by atoms with Crippen molar-refractivity contribution in [1.29, 1.82) is 0 Å². The molecule has 0 fully saturated rings. The van der Waals surface area contributed by atoms with Gasteiger partial charge >= 0.3 is 11.1 Å². The standard InChI is InChI=1S/C18H15ClN2O3/c1-24-16-4-2-3-15(11-16)21-10-9-20(17(22)18(21)23)12-13-5-7-14(19)8-6-13/h2-11H,12H2,1H3. The van der Waals surface area contributed by atoms with E-state index in [9.17, 15) is 9.59 Å². The molecule has 1 aromatic heterocycles. The van der Waals surface area contributed by atoms with Gasteiger partial charge in [-0.05, 0) is 29.8 Å². The van der Waals surface area contributed by atoms with Crippen LogP contribution >= 0.6 is 11.6 Å². The molecule has 6 heteroatoms. The fourth-order valence-electron chi connectivity index (χ4n) is 2.38. The summed E-state index contributed by atoms with van der Waals surface area (Å²) in [5, 5.41) is 0.625. The quantitative estimate of drug-likeness (QED) is 0.685. The zero-order valence-electron chi connectivity index (χ0n) is 13.0. The van der Waals surface area contributed by atoms with Gasteiger partial charge in [0.05, 0.1) is 19.3 Å². The number of halogens is 1. The van der Waals surface area contributed by atoms with Crippen LogP contribution in [-0.4, -0.2) is 16.2 Å². The third-order valence-corrected chi connectivity index (χ3v) is 3.91. The average molecular weight is 343 g/mol. The van der Waals surface area contributed by atoms with Gasteiger partial charge in [0.25, 0.3) is 0 Å². The minimum absolute atomic E-state index is 0.310. The summed E-state index contributed by atoms with van der Waals surface area (Å²) >= 11 is 5.85. The number of rotatable bonds is 4. The first-order valence-electron chi connectivity index (χ1n) is 7.29. The van der Waals surface area contributed by atoms with Crippen LogP contribution in [0.1, 0.15) is 5.56 Å². The number of benzene rings is 2. The Hall–Kier alpha value is -2.79. The maximum Gasteiger partial charge on any atom is 0.320 e. The van der Waals surface area contributed by atoms with Crippen molar-refractivity contribution in [2.45, 2.75) is 6.54 Å². The summed E-state index contributed by atoms with van der Waals surface area (Å²) in [6.07, 6.45) is 3.17. The molecule has 1 heterocycles. The van der Waals surface area contributed by atoms with Gasteiger partial charge in [-0.15, -0.1) is 0 Å². The second kappa shape index (κ2) is 6.76. The van der Waals surface area contributed by atoms with Crippen LogP contribution in [0.25, 0.3) is 5.69 Å². The van der Waals surface area contributed by atoms with Crippen LogP contribution in [0.3, 0.4) is 0 Å². The summed E-state index contributed by atoms with van der Waals surface area (Å²) in [6.45, 7) is 0.310. The maximum absolute atomic E-state index is 12.4. The second-order valence-electron chi connectivity index (χ2n) is 5.23. The molecule has 3 rings (SSSR count). The van der Waals surface area contributed by atoms with E-state index in [2.05, 4.69) is 0 Å². The number of hydrogen-bond donors (Lipinski definition) is 0. The largest absolute Gasteiger partial charge is 0.497 e. The van der Waals surface area contributed by atoms with Crippen molar-refractivity contribution in [1.82, 2.24) is 9.13 Å². The Kier molecular flexibility index (Phi) is 4.53. The Balaban J connectivity index is 1.98. The number of aromatic nitrogens is 2. The Morgan fingerprint density at radius 3 is 2.46 bits per heavy atom. The average Bonchev–Trinajstić information content (AvgIpc) is 2.61. The first-order valence-corrected chi connectivity index (χ1v) is 7.67. The van der Waals surface area contributed by atoms with Gasteiger partial charge in [0.1, 0.15) is 5.75 Å². The highest BCUT2D eigenvalue weighted by molar-refractivity contribution is 6.30. The molecule has 0 amide bonds. The molecule has 5 nitrogen and oxygen atoms in total. The fraction of sp³-hybridized carbons (Fsp3) is 0.111. The van der Waals surface area contributed by atoms with Gasteiger partial charge in [0.2, 0.25) is 0 Å². The van der Waals surface area contributed by atoms with Gasteiger partial charge in [0.15, 0.2) is 0 Å². The smallest absolute Gasteiger partial charge is 0.320 e. The SMILES string of the molecule is COc1cccc(-n2ccn(Cc3ccc(Cl)cc3)c(=O)c2=O)c1. The number of methoxy groups -OCH3 is 1. The molecule has 0 aliphatic carbocycles. The summed E-state index contributed by atoms with van der Waals surface area (Å²) in [4.78, 5) is 24.8. The first-order chi connectivity index (χ1) is 11.6. The fourth-order valence-corrected chi connectivity index (χ4v) is 2.51. The summed E-state index contributed by atoms with van der Waals surface area (Å²) < 4.78 is 7.84. The molecule has 122 valence electrons. The predicted molar refractivity (Wildman–Crippen MR) is 93.4 cm³/mol. The molecule has 3 aromatic rings. The van der Waals surface area contributed by atoms with Crippen LogP contribution < -0.4 is 15.9 Å². The number of ether oxygens (including phenoxy) is 1. The Morgan fingerprint density at radius 1 is 1.00 bits per heavy atom. The van der Waals surface area contributed by atoms with E-state index in [4.69, 9.17) is 16.3 Å². The monoisotopic (exact) mass is 342 g/mol. The van der Waals surface area contributed by atoms with Crippen LogP contribution in [-0.2, 0) is 6.54 Å². The lowest BCUT2D eigenvalue weighted by atomic mass is 10.2. The minimum atomic E-state index is -0.611. The van der Waals surface area contributed by atoms with Crippen LogP contribution in [0.15, 0.2) is 70.5 Å². The van der Waals surface area contributed by atoms with Crippen LogP contribution in [0, 0.1) is 0 Å². The lowest BCUT2D eigenvalue weighted by molar-refractivity contribution is 0.414. The summed E-state index contributed by atoms with van der Waals surface area (Å²) in [7, 11) is 1.55. The van der Waals surface area contributed by atoms with Crippen LogP contribution in [0.5, 0.6) is 5.75 Å². The van der Waals surface area contributed by atoms with Crippen LogP contribution in [0.4, 0.5) is 0 Å². The topological polar surface area (TPSA) is 53.2 Å². The number of nitrogens with zero attached hydrogens (tertiary/aromatic N) is 2. The molecule has 24 heavy (non-hydrogen) atoms. The van der Waals surface area contributed by atoms with E-state index < -0.39 is 11.1 Å². The normalized spacial score (nSPS) is 10.6. The van der Waals surface area contributed by atoms with E-state index in [-0.39, 0.29) is 0 Å². The molecule has 0 unspecified atom stereocenters. The van der Waals surface area contributed by atoms with Gasteiger partial charge in [-0.1, -0.05) is 29.8 Å². The second-order valence-corrected chi connectivity index (χ2v) is 5.67. The molecule has 0 spiro atoms. The zero-order chi connectivity index (χ0) is 17.1. The molecule has 0 bridgehead atoms. The lowest BCUT2D eigenvalue weighted by Gasteiger charge is -2.10. The summed E-state index contributed by atoms with van der Waals surface area (Å²) in [6, 6.07) is 14.1. The van der Waals surface area contributed by atoms with E-state index in [1.807, 2.05) is 12.1 Å². The molecule has 0 aliphatic heterocycles. The van der Waals surface area contributed by atoms with E-state index in [1.165, 1.54) is 9.13 Å². The van der Waals surface area contributed by atoms with E-state index >= 15 is 0 Å². The lowest BCUT2D eigenvalue weighted by Crippen LogP contribution is -2.40. The van der Waals surface area contributed by atoms with E-state index in [0.717, 1.165) is 5.56 Å². The third kappa shape index (κ3) is 3.26. The minimum Gasteiger partial charge on any atom is -0.497 e. The summed E-state index contributed by atoms with van der Waals surface area (Å²) in [5.74, 6) is 0.616. The molecule has 0 saturated heterocycles. The number of hydrogen-bond acceptors (Lipinski definition) is 3. The molecular formula is C18H15ClN2O3. The Labute approximate surface area is 143 Å². The molecule has 0 N–H and O–H groups in total. The van der Waals surface area contributed by atoms with Crippen molar-refractivity contribution < 1.29 is 4.74 Å². The van der Waals surface area contributed by atoms with Crippen molar-refractivity contribution in [3.63, 3.8) is 0 Å². The van der Waals surface area contributed by atoms with Crippen molar-refractivity contribution in [2.24, 2.45) is 0 Å². The van der Waals surface area contributed by atoms with Gasteiger partial charge in [-0.25, -0.2) is 0 Å². The highest BCUT2D eigenvalue weighted by atomic mass is 35.5. The van der Waals surface area contributed by atoms with E-state index in [1.54, 1.807) is 55.9 Å². The molecule has 0 saturated carbocycles. The van der Waals surface area contributed by atoms with Crippen molar-refractivity contribution >= 4 is 11.6 Å². The Morgan fingerprint density at radius 2 is 1.75 bits per heavy atom. The Bertz CT molecular complexity index is 975. The highest BCUT2D eigenvalue weighted by Crippen LogP contribution is 2.14. The molecule has 0 aliphatic rings. The third-order valence-electron chi connectivity index (χ3n) is 3.66. The van der Waals surface area contributed by atoms with Crippen molar-refractivity contribution in [3.8, 4) is 11.4 Å². The van der Waals surface area contributed by atoms with Crippen molar-refractivity contribution in [2.75, 3.05) is 7.11 Å². The molecular weight excluding hydrogens is 328 g/mol.